The zero-order valence-corrected chi connectivity index (χ0v) is 24.9. The SMILES string of the molecule is N#CC1=CC(c2ccc(-c3ccc4c(c3)sc3cc(-c5ccc(-c6cncc(C#N)c6)cc5)c5ccccc5c34)cc2)=CNC1. The van der Waals surface area contributed by atoms with E-state index in [9.17, 15) is 10.5 Å². The zero-order valence-electron chi connectivity index (χ0n) is 24.1. The number of nitrogens with zero attached hydrogens (tertiary/aromatic N) is 3. The predicted octanol–water partition coefficient (Wildman–Crippen LogP) is 9.87. The summed E-state index contributed by atoms with van der Waals surface area (Å²) in [6.07, 6.45) is 7.30. The molecular weight excluding hydrogens is 569 g/mol. The molecule has 2 aromatic heterocycles. The van der Waals surface area contributed by atoms with Crippen molar-refractivity contribution >= 4 is 47.9 Å². The summed E-state index contributed by atoms with van der Waals surface area (Å²) in [6, 6.07) is 41.2. The number of hydrogen-bond donors (Lipinski definition) is 1. The average Bonchev–Trinajstić information content (AvgIpc) is 3.49. The lowest BCUT2D eigenvalue weighted by atomic mass is 9.93. The van der Waals surface area contributed by atoms with Crippen molar-refractivity contribution in [3.05, 3.63) is 144 Å². The first kappa shape index (κ1) is 26.6. The molecule has 1 aliphatic rings. The number of dihydropyridines is 1. The van der Waals surface area contributed by atoms with Crippen LogP contribution in [0.15, 0.2) is 133 Å². The highest BCUT2D eigenvalue weighted by molar-refractivity contribution is 7.26. The Morgan fingerprint density at radius 1 is 0.622 bits per heavy atom. The fourth-order valence-corrected chi connectivity index (χ4v) is 7.41. The summed E-state index contributed by atoms with van der Waals surface area (Å²) in [5.41, 5.74) is 10.1. The lowest BCUT2D eigenvalue weighted by Gasteiger charge is -2.12. The third kappa shape index (κ3) is 4.73. The molecule has 8 rings (SSSR count). The van der Waals surface area contributed by atoms with E-state index in [0.717, 1.165) is 39.0 Å². The minimum absolute atomic E-state index is 0.556. The van der Waals surface area contributed by atoms with E-state index in [1.54, 1.807) is 12.4 Å². The van der Waals surface area contributed by atoms with Crippen LogP contribution >= 0.6 is 11.3 Å². The number of thiophene rings is 1. The molecule has 0 unspecified atom stereocenters. The van der Waals surface area contributed by atoms with Crippen LogP contribution in [0, 0.1) is 22.7 Å². The third-order valence-corrected chi connectivity index (χ3v) is 9.55. The largest absolute Gasteiger partial charge is 0.386 e. The second-order valence-electron chi connectivity index (χ2n) is 11.1. The summed E-state index contributed by atoms with van der Waals surface area (Å²) >= 11 is 1.83. The van der Waals surface area contributed by atoms with E-state index < -0.39 is 0 Å². The van der Waals surface area contributed by atoms with Gasteiger partial charge < -0.3 is 5.32 Å². The van der Waals surface area contributed by atoms with Gasteiger partial charge in [-0.25, -0.2) is 0 Å². The Labute approximate surface area is 264 Å². The van der Waals surface area contributed by atoms with E-state index in [2.05, 4.69) is 120 Å². The minimum atomic E-state index is 0.556. The number of nitrogens with one attached hydrogen (secondary N) is 1. The molecule has 0 saturated heterocycles. The Morgan fingerprint density at radius 2 is 1.33 bits per heavy atom. The molecule has 5 heteroatoms. The molecule has 0 atom stereocenters. The van der Waals surface area contributed by atoms with Gasteiger partial charge in [0.25, 0.3) is 0 Å². The summed E-state index contributed by atoms with van der Waals surface area (Å²) < 4.78 is 2.52. The van der Waals surface area contributed by atoms with Crippen molar-refractivity contribution in [2.45, 2.75) is 0 Å². The summed E-state index contributed by atoms with van der Waals surface area (Å²) in [7, 11) is 0. The molecule has 0 bridgehead atoms. The van der Waals surface area contributed by atoms with Gasteiger partial charge in [-0.05, 0) is 74.0 Å². The molecule has 45 heavy (non-hydrogen) atoms. The Hall–Kier alpha value is -6.01. The second kappa shape index (κ2) is 10.9. The molecule has 0 aliphatic carbocycles. The van der Waals surface area contributed by atoms with Crippen LogP contribution in [-0.2, 0) is 0 Å². The van der Waals surface area contributed by atoms with E-state index in [1.807, 2.05) is 29.7 Å². The van der Waals surface area contributed by atoms with Gasteiger partial charge >= 0.3 is 0 Å². The fraction of sp³-hybridized carbons (Fsp3) is 0.0250. The molecule has 3 heterocycles. The Balaban J connectivity index is 1.18. The first-order chi connectivity index (χ1) is 22.2. The Morgan fingerprint density at radius 3 is 2.11 bits per heavy atom. The van der Waals surface area contributed by atoms with Crippen molar-refractivity contribution in [2.24, 2.45) is 0 Å². The fourth-order valence-electron chi connectivity index (χ4n) is 6.20. The molecule has 4 nitrogen and oxygen atoms in total. The number of hydrogen-bond acceptors (Lipinski definition) is 5. The van der Waals surface area contributed by atoms with E-state index in [1.165, 1.54) is 42.1 Å². The molecule has 0 fully saturated rings. The smallest absolute Gasteiger partial charge is 0.101 e. The third-order valence-electron chi connectivity index (χ3n) is 8.45. The minimum Gasteiger partial charge on any atom is -0.386 e. The van der Waals surface area contributed by atoms with E-state index in [0.29, 0.717) is 12.1 Å². The van der Waals surface area contributed by atoms with Gasteiger partial charge in [0.05, 0.1) is 11.6 Å². The van der Waals surface area contributed by atoms with Gasteiger partial charge in [0.2, 0.25) is 0 Å². The van der Waals surface area contributed by atoms with Crippen molar-refractivity contribution in [3.8, 4) is 45.5 Å². The molecule has 0 saturated carbocycles. The molecule has 210 valence electrons. The molecule has 7 aromatic rings. The van der Waals surface area contributed by atoms with Crippen molar-refractivity contribution in [3.63, 3.8) is 0 Å². The molecule has 0 radical (unpaired) electrons. The summed E-state index contributed by atoms with van der Waals surface area (Å²) in [5, 5.41) is 26.8. The maximum atomic E-state index is 9.29. The molecule has 5 aromatic carbocycles. The highest BCUT2D eigenvalue weighted by atomic mass is 32.1. The maximum absolute atomic E-state index is 9.29. The number of rotatable bonds is 4. The van der Waals surface area contributed by atoms with Crippen LogP contribution in [-0.4, -0.2) is 11.5 Å². The number of fused-ring (bicyclic) bond motifs is 5. The van der Waals surface area contributed by atoms with Gasteiger partial charge in [0.1, 0.15) is 6.07 Å². The van der Waals surface area contributed by atoms with Crippen LogP contribution in [0.3, 0.4) is 0 Å². The molecule has 1 N–H and O–H groups in total. The van der Waals surface area contributed by atoms with Gasteiger partial charge in [-0.2, -0.15) is 10.5 Å². The van der Waals surface area contributed by atoms with Crippen LogP contribution in [0.4, 0.5) is 0 Å². The summed E-state index contributed by atoms with van der Waals surface area (Å²) in [6.45, 7) is 0.577. The molecule has 0 amide bonds. The highest BCUT2D eigenvalue weighted by Gasteiger charge is 2.15. The normalized spacial score (nSPS) is 12.8. The standard InChI is InChI=1S/C40H24N4S/c41-19-25-15-32(23-43-21-25)28-7-5-27(6-8-28)31-13-14-36-38(17-31)45-39-18-37(34-3-1-2-4-35(34)40(36)39)30-11-9-29(10-12-30)33-16-26(20-42)22-44-24-33/h1-18,22-24,43H,21H2. The molecule has 0 spiro atoms. The van der Waals surface area contributed by atoms with Crippen molar-refractivity contribution in [1.29, 1.82) is 10.5 Å². The van der Waals surface area contributed by atoms with E-state index in [4.69, 9.17) is 0 Å². The van der Waals surface area contributed by atoms with Crippen LogP contribution in [0.5, 0.6) is 0 Å². The van der Waals surface area contributed by atoms with Gasteiger partial charge in [0, 0.05) is 56.4 Å². The van der Waals surface area contributed by atoms with Crippen molar-refractivity contribution in [1.82, 2.24) is 10.3 Å². The van der Waals surface area contributed by atoms with Crippen molar-refractivity contribution in [2.75, 3.05) is 6.54 Å². The Bertz CT molecular complexity index is 2430. The van der Waals surface area contributed by atoms with Gasteiger partial charge in [-0.3, -0.25) is 4.98 Å². The lowest BCUT2D eigenvalue weighted by molar-refractivity contribution is 0.948. The second-order valence-corrected chi connectivity index (χ2v) is 12.2. The number of nitriles is 2. The van der Waals surface area contributed by atoms with Crippen LogP contribution in [0.2, 0.25) is 0 Å². The first-order valence-corrected chi connectivity index (χ1v) is 15.5. The molecule has 1 aliphatic heterocycles. The van der Waals surface area contributed by atoms with Crippen LogP contribution in [0.25, 0.3) is 69.9 Å². The highest BCUT2D eigenvalue weighted by Crippen LogP contribution is 2.44. The van der Waals surface area contributed by atoms with Crippen molar-refractivity contribution < 1.29 is 0 Å². The number of pyridine rings is 1. The monoisotopic (exact) mass is 592 g/mol. The number of aromatic nitrogens is 1. The first-order valence-electron chi connectivity index (χ1n) is 14.7. The maximum Gasteiger partial charge on any atom is 0.101 e. The lowest BCUT2D eigenvalue weighted by Crippen LogP contribution is -2.13. The van der Waals surface area contributed by atoms with Gasteiger partial charge in [-0.15, -0.1) is 11.3 Å². The Kier molecular flexibility index (Phi) is 6.46. The van der Waals surface area contributed by atoms with E-state index >= 15 is 0 Å². The summed E-state index contributed by atoms with van der Waals surface area (Å²) in [5.74, 6) is 0. The topological polar surface area (TPSA) is 72.5 Å². The zero-order chi connectivity index (χ0) is 30.3. The van der Waals surface area contributed by atoms with Crippen LogP contribution < -0.4 is 5.32 Å². The predicted molar refractivity (Wildman–Crippen MR) is 185 cm³/mol. The molecular formula is C40H24N4S. The number of benzene rings is 5. The van der Waals surface area contributed by atoms with Crippen LogP contribution in [0.1, 0.15) is 11.1 Å². The summed E-state index contributed by atoms with van der Waals surface area (Å²) in [4.78, 5) is 4.22. The average molecular weight is 593 g/mol. The van der Waals surface area contributed by atoms with E-state index in [-0.39, 0.29) is 0 Å². The van der Waals surface area contributed by atoms with Gasteiger partial charge in [-0.1, -0.05) is 84.9 Å². The number of allylic oxidation sites excluding steroid dienone is 2. The quantitative estimate of drug-likeness (QED) is 0.221. The van der Waals surface area contributed by atoms with Gasteiger partial charge in [0.15, 0.2) is 0 Å².